The standard InChI is InChI=1S/C20H34N4O/c1-4-21-20(24-12-10-23(11-13-24)16-17(2)3)22-15-19(25)14-18-8-6-5-7-9-18/h5-9,17,19,25H,4,10-16H2,1-3H3,(H,21,22). The first-order valence-electron chi connectivity index (χ1n) is 9.56. The highest BCUT2D eigenvalue weighted by atomic mass is 16.3. The minimum atomic E-state index is -0.446. The zero-order valence-corrected chi connectivity index (χ0v) is 16.0. The highest BCUT2D eigenvalue weighted by Crippen LogP contribution is 2.07. The highest BCUT2D eigenvalue weighted by Gasteiger charge is 2.20. The van der Waals surface area contributed by atoms with Gasteiger partial charge in [-0.05, 0) is 18.4 Å². The molecule has 0 spiro atoms. The maximum atomic E-state index is 10.3. The number of benzene rings is 1. The molecule has 0 radical (unpaired) electrons. The number of piperazine rings is 1. The first-order valence-corrected chi connectivity index (χ1v) is 9.56. The Morgan fingerprint density at radius 2 is 1.84 bits per heavy atom. The summed E-state index contributed by atoms with van der Waals surface area (Å²) in [6.07, 6.45) is 0.199. The van der Waals surface area contributed by atoms with Crippen LogP contribution in [0.2, 0.25) is 0 Å². The molecular weight excluding hydrogens is 312 g/mol. The molecular formula is C20H34N4O. The van der Waals surface area contributed by atoms with Gasteiger partial charge in [0.1, 0.15) is 0 Å². The quantitative estimate of drug-likeness (QED) is 0.584. The molecule has 140 valence electrons. The maximum Gasteiger partial charge on any atom is 0.194 e. The molecule has 2 N–H and O–H groups in total. The fourth-order valence-corrected chi connectivity index (χ4v) is 3.23. The lowest BCUT2D eigenvalue weighted by Gasteiger charge is -2.37. The van der Waals surface area contributed by atoms with Gasteiger partial charge in [-0.2, -0.15) is 0 Å². The molecule has 1 heterocycles. The van der Waals surface area contributed by atoms with Crippen LogP contribution in [0.5, 0.6) is 0 Å². The number of aliphatic imine (C=N–C) groups is 1. The Hall–Kier alpha value is -1.59. The Labute approximate surface area is 152 Å². The van der Waals surface area contributed by atoms with Crippen LogP contribution < -0.4 is 5.32 Å². The summed E-state index contributed by atoms with van der Waals surface area (Å²) in [5.74, 6) is 1.64. The zero-order chi connectivity index (χ0) is 18.1. The van der Waals surface area contributed by atoms with Gasteiger partial charge >= 0.3 is 0 Å². The van der Waals surface area contributed by atoms with Gasteiger partial charge in [-0.15, -0.1) is 0 Å². The predicted molar refractivity (Wildman–Crippen MR) is 105 cm³/mol. The number of nitrogens with one attached hydrogen (secondary N) is 1. The highest BCUT2D eigenvalue weighted by molar-refractivity contribution is 5.80. The van der Waals surface area contributed by atoms with Gasteiger partial charge in [-0.3, -0.25) is 9.89 Å². The van der Waals surface area contributed by atoms with Gasteiger partial charge in [0.05, 0.1) is 12.6 Å². The third-order valence-corrected chi connectivity index (χ3v) is 4.40. The van der Waals surface area contributed by atoms with Gasteiger partial charge < -0.3 is 15.3 Å². The van der Waals surface area contributed by atoms with Gasteiger partial charge in [0.25, 0.3) is 0 Å². The van der Waals surface area contributed by atoms with E-state index in [2.05, 4.69) is 40.9 Å². The summed E-state index contributed by atoms with van der Waals surface area (Å²) < 4.78 is 0. The Bertz CT molecular complexity index is 510. The molecule has 0 aliphatic carbocycles. The number of aliphatic hydroxyl groups excluding tert-OH is 1. The summed E-state index contributed by atoms with van der Waals surface area (Å²) in [7, 11) is 0. The molecule has 5 nitrogen and oxygen atoms in total. The maximum absolute atomic E-state index is 10.3. The van der Waals surface area contributed by atoms with Crippen LogP contribution in [0, 0.1) is 5.92 Å². The van der Waals surface area contributed by atoms with E-state index >= 15 is 0 Å². The number of hydrogen-bond donors (Lipinski definition) is 2. The van der Waals surface area contributed by atoms with E-state index in [4.69, 9.17) is 0 Å². The average molecular weight is 347 g/mol. The van der Waals surface area contributed by atoms with Gasteiger partial charge in [0.2, 0.25) is 0 Å². The number of aliphatic hydroxyl groups is 1. The molecule has 2 rings (SSSR count). The third kappa shape index (κ3) is 7.04. The van der Waals surface area contributed by atoms with Gasteiger partial charge in [0.15, 0.2) is 5.96 Å². The van der Waals surface area contributed by atoms with Crippen molar-refractivity contribution in [3.8, 4) is 0 Å². The Morgan fingerprint density at radius 1 is 1.16 bits per heavy atom. The molecule has 1 aliphatic heterocycles. The van der Waals surface area contributed by atoms with Crippen molar-refractivity contribution in [3.63, 3.8) is 0 Å². The van der Waals surface area contributed by atoms with E-state index in [1.165, 1.54) is 0 Å². The number of nitrogens with zero attached hydrogens (tertiary/aromatic N) is 3. The lowest BCUT2D eigenvalue weighted by Crippen LogP contribution is -2.53. The van der Waals surface area contributed by atoms with Crippen LogP contribution in [-0.2, 0) is 6.42 Å². The zero-order valence-electron chi connectivity index (χ0n) is 16.0. The van der Waals surface area contributed by atoms with Crippen molar-refractivity contribution in [3.05, 3.63) is 35.9 Å². The number of guanidine groups is 1. The third-order valence-electron chi connectivity index (χ3n) is 4.40. The van der Waals surface area contributed by atoms with Gasteiger partial charge in [-0.25, -0.2) is 0 Å². The molecule has 5 heteroatoms. The molecule has 1 aromatic carbocycles. The minimum absolute atomic E-state index is 0.434. The second-order valence-corrected chi connectivity index (χ2v) is 7.22. The largest absolute Gasteiger partial charge is 0.391 e. The van der Waals surface area contributed by atoms with Crippen LogP contribution in [0.1, 0.15) is 26.3 Å². The van der Waals surface area contributed by atoms with E-state index in [-0.39, 0.29) is 0 Å². The van der Waals surface area contributed by atoms with E-state index in [0.29, 0.717) is 18.9 Å². The summed E-state index contributed by atoms with van der Waals surface area (Å²) >= 11 is 0. The number of rotatable bonds is 7. The number of hydrogen-bond acceptors (Lipinski definition) is 3. The van der Waals surface area contributed by atoms with Crippen LogP contribution in [0.4, 0.5) is 0 Å². The fourth-order valence-electron chi connectivity index (χ4n) is 3.23. The molecule has 1 atom stereocenters. The first-order chi connectivity index (χ1) is 12.1. The van der Waals surface area contributed by atoms with E-state index in [9.17, 15) is 5.11 Å². The van der Waals surface area contributed by atoms with Crippen molar-refractivity contribution >= 4 is 5.96 Å². The van der Waals surface area contributed by atoms with Crippen molar-refractivity contribution < 1.29 is 5.11 Å². The molecule has 1 aliphatic rings. The summed E-state index contributed by atoms with van der Waals surface area (Å²) in [4.78, 5) is 9.52. The van der Waals surface area contributed by atoms with Crippen LogP contribution in [0.3, 0.4) is 0 Å². The van der Waals surface area contributed by atoms with Gasteiger partial charge in [-0.1, -0.05) is 44.2 Å². The monoisotopic (exact) mass is 346 g/mol. The van der Waals surface area contributed by atoms with Crippen LogP contribution in [0.25, 0.3) is 0 Å². The van der Waals surface area contributed by atoms with Crippen LogP contribution >= 0.6 is 0 Å². The normalized spacial score (nSPS) is 17.8. The van der Waals surface area contributed by atoms with E-state index in [1.807, 2.05) is 30.3 Å². The van der Waals surface area contributed by atoms with Crippen LogP contribution in [0.15, 0.2) is 35.3 Å². The molecule has 0 amide bonds. The van der Waals surface area contributed by atoms with Gasteiger partial charge in [0, 0.05) is 45.7 Å². The summed E-state index contributed by atoms with van der Waals surface area (Å²) in [5, 5.41) is 13.7. The summed E-state index contributed by atoms with van der Waals surface area (Å²) in [5.41, 5.74) is 1.15. The summed E-state index contributed by atoms with van der Waals surface area (Å²) in [6.45, 7) is 13.2. The molecule has 1 unspecified atom stereocenters. The van der Waals surface area contributed by atoms with E-state index in [0.717, 1.165) is 50.8 Å². The van der Waals surface area contributed by atoms with Crippen molar-refractivity contribution in [2.45, 2.75) is 33.3 Å². The smallest absolute Gasteiger partial charge is 0.194 e. The van der Waals surface area contributed by atoms with Crippen molar-refractivity contribution in [2.24, 2.45) is 10.9 Å². The molecule has 1 fully saturated rings. The topological polar surface area (TPSA) is 51.1 Å². The molecule has 25 heavy (non-hydrogen) atoms. The fraction of sp³-hybridized carbons (Fsp3) is 0.650. The minimum Gasteiger partial charge on any atom is -0.391 e. The Kier molecular flexibility index (Phi) is 8.22. The molecule has 0 aromatic heterocycles. The Balaban J connectivity index is 1.85. The van der Waals surface area contributed by atoms with Crippen molar-refractivity contribution in [1.29, 1.82) is 0 Å². The SMILES string of the molecule is CCNC(=NCC(O)Cc1ccccc1)N1CCN(CC(C)C)CC1. The van der Waals surface area contributed by atoms with Crippen LogP contribution in [-0.4, -0.2) is 72.8 Å². The predicted octanol–water partition coefficient (Wildman–Crippen LogP) is 1.83. The molecule has 1 saturated heterocycles. The van der Waals surface area contributed by atoms with Crippen molar-refractivity contribution in [2.75, 3.05) is 45.8 Å². The first kappa shape index (κ1) is 19.7. The lowest BCUT2D eigenvalue weighted by atomic mass is 10.1. The molecule has 0 bridgehead atoms. The van der Waals surface area contributed by atoms with E-state index < -0.39 is 6.10 Å². The average Bonchev–Trinajstić information content (AvgIpc) is 2.60. The second kappa shape index (κ2) is 10.4. The molecule has 1 aromatic rings. The van der Waals surface area contributed by atoms with Crippen molar-refractivity contribution in [1.82, 2.24) is 15.1 Å². The van der Waals surface area contributed by atoms with E-state index in [1.54, 1.807) is 0 Å². The Morgan fingerprint density at radius 3 is 2.44 bits per heavy atom. The molecule has 0 saturated carbocycles. The second-order valence-electron chi connectivity index (χ2n) is 7.22. The lowest BCUT2D eigenvalue weighted by molar-refractivity contribution is 0.161. The summed E-state index contributed by atoms with van der Waals surface area (Å²) in [6, 6.07) is 10.1.